The second kappa shape index (κ2) is 9.46. The lowest BCUT2D eigenvalue weighted by molar-refractivity contribution is 0.187. The van der Waals surface area contributed by atoms with E-state index in [1.165, 1.54) is 11.1 Å². The molecule has 0 saturated carbocycles. The van der Waals surface area contributed by atoms with Crippen molar-refractivity contribution in [3.8, 4) is 5.75 Å². The summed E-state index contributed by atoms with van der Waals surface area (Å²) >= 11 is 0. The third-order valence-electron chi connectivity index (χ3n) is 6.99. The summed E-state index contributed by atoms with van der Waals surface area (Å²) in [6.45, 7) is 16.1. The van der Waals surface area contributed by atoms with Gasteiger partial charge in [-0.1, -0.05) is 58.0 Å². The first-order valence-corrected chi connectivity index (χ1v) is 11.5. The summed E-state index contributed by atoms with van der Waals surface area (Å²) in [7, 11) is 0.611. The quantitative estimate of drug-likeness (QED) is 0.645. The summed E-state index contributed by atoms with van der Waals surface area (Å²) in [6, 6.07) is 10.8. The van der Waals surface area contributed by atoms with Gasteiger partial charge in [-0.25, -0.2) is 0 Å². The molecule has 0 fully saturated rings. The molecule has 0 aliphatic heterocycles. The number of benzene rings is 2. The smallest absolute Gasteiger partial charge is 0.204 e. The molecule has 2 unspecified atom stereocenters. The van der Waals surface area contributed by atoms with E-state index in [9.17, 15) is 5.11 Å². The Bertz CT molecular complexity index is 833. The zero-order chi connectivity index (χ0) is 21.9. The highest BCUT2D eigenvalue weighted by Crippen LogP contribution is 2.53. The number of rotatable bonds is 8. The number of hydrogen-bond donors (Lipinski definition) is 2. The molecule has 29 heavy (non-hydrogen) atoms. The molecular weight excluding hydrogens is 374 g/mol. The fraction of sp³-hybridized carbons (Fsp3) is 0.520. The average molecular weight is 414 g/mol. The molecule has 2 aromatic rings. The van der Waals surface area contributed by atoms with Crippen molar-refractivity contribution >= 4 is 10.5 Å². The van der Waals surface area contributed by atoms with Crippen LogP contribution in [0.15, 0.2) is 30.3 Å². The highest BCUT2D eigenvalue weighted by atomic mass is 28.2. The molecule has 2 atom stereocenters. The van der Waals surface area contributed by atoms with Crippen molar-refractivity contribution in [2.75, 3.05) is 6.54 Å². The second-order valence-electron chi connectivity index (χ2n) is 8.90. The van der Waals surface area contributed by atoms with Crippen LogP contribution in [0.5, 0.6) is 5.75 Å². The van der Waals surface area contributed by atoms with Gasteiger partial charge in [-0.2, -0.15) is 0 Å². The van der Waals surface area contributed by atoms with E-state index in [-0.39, 0.29) is 17.9 Å². The second-order valence-corrected chi connectivity index (χ2v) is 9.30. The molecule has 3 N–H and O–H groups in total. The van der Waals surface area contributed by atoms with Crippen molar-refractivity contribution in [1.29, 1.82) is 0 Å². The van der Waals surface area contributed by atoms with Gasteiger partial charge in [0.25, 0.3) is 0 Å². The van der Waals surface area contributed by atoms with E-state index in [2.05, 4.69) is 78.8 Å². The predicted octanol–water partition coefficient (Wildman–Crippen LogP) is 3.94. The lowest BCUT2D eigenvalue weighted by Gasteiger charge is -2.49. The molecule has 0 saturated heterocycles. The van der Waals surface area contributed by atoms with Crippen molar-refractivity contribution in [2.24, 2.45) is 23.5 Å². The fourth-order valence-electron chi connectivity index (χ4n) is 5.47. The summed E-state index contributed by atoms with van der Waals surface area (Å²) in [4.78, 5) is 0. The van der Waals surface area contributed by atoms with Gasteiger partial charge in [0, 0.05) is 11.0 Å². The topological polar surface area (TPSA) is 55.5 Å². The minimum absolute atomic E-state index is 0.0326. The predicted molar refractivity (Wildman–Crippen MR) is 127 cm³/mol. The van der Waals surface area contributed by atoms with Crippen molar-refractivity contribution in [3.63, 3.8) is 0 Å². The van der Waals surface area contributed by atoms with Gasteiger partial charge in [0.05, 0.1) is 6.61 Å². The molecular formula is C25H39NO2Si. The van der Waals surface area contributed by atoms with Crippen LogP contribution in [0.1, 0.15) is 61.1 Å². The largest absolute Gasteiger partial charge is 0.553 e. The van der Waals surface area contributed by atoms with Crippen molar-refractivity contribution in [1.82, 2.24) is 0 Å². The minimum atomic E-state index is -0.309. The highest BCUT2D eigenvalue weighted by molar-refractivity contribution is 6.00. The molecule has 160 valence electrons. The first kappa shape index (κ1) is 23.7. The Labute approximate surface area is 180 Å². The standard InChI is InChI=1S/C25H39NO2Si/c1-15(2)22(13-26)25(16(3)4,20-11-9-8-10-12-20)23-19(7)21(14-27)17(5)18(6)24(23)28-29/h8-12,15-16,22,27H,13-14,26H2,1-7,29H3. The monoisotopic (exact) mass is 413 g/mol. The number of aliphatic hydroxyl groups is 1. The van der Waals surface area contributed by atoms with Crippen molar-refractivity contribution in [3.05, 3.63) is 63.7 Å². The Hall–Kier alpha value is -1.62. The van der Waals surface area contributed by atoms with Crippen LogP contribution in [0, 0.1) is 38.5 Å². The third kappa shape index (κ3) is 3.78. The number of aliphatic hydroxyl groups excluding tert-OH is 1. The van der Waals surface area contributed by atoms with Gasteiger partial charge >= 0.3 is 0 Å². The van der Waals surface area contributed by atoms with Crippen LogP contribution in [-0.4, -0.2) is 22.1 Å². The molecule has 2 rings (SSSR count). The van der Waals surface area contributed by atoms with Crippen molar-refractivity contribution < 1.29 is 9.53 Å². The normalized spacial score (nSPS) is 15.0. The van der Waals surface area contributed by atoms with Crippen molar-refractivity contribution in [2.45, 2.75) is 60.5 Å². The molecule has 0 aliphatic carbocycles. The van der Waals surface area contributed by atoms with E-state index >= 15 is 0 Å². The zero-order valence-corrected chi connectivity index (χ0v) is 21.5. The molecule has 0 bridgehead atoms. The van der Waals surface area contributed by atoms with Crippen LogP contribution >= 0.6 is 0 Å². The Morgan fingerprint density at radius 2 is 1.59 bits per heavy atom. The first-order valence-electron chi connectivity index (χ1n) is 10.7. The molecule has 0 aromatic heterocycles. The van der Waals surface area contributed by atoms with E-state index in [0.29, 0.717) is 28.9 Å². The van der Waals surface area contributed by atoms with Gasteiger partial charge in [-0.05, 0) is 72.9 Å². The van der Waals surface area contributed by atoms with Crippen LogP contribution in [0.3, 0.4) is 0 Å². The lowest BCUT2D eigenvalue weighted by Crippen LogP contribution is -2.48. The van der Waals surface area contributed by atoms with Gasteiger partial charge in [0.15, 0.2) is 0 Å². The van der Waals surface area contributed by atoms with E-state index < -0.39 is 0 Å². The van der Waals surface area contributed by atoms with Crippen LogP contribution < -0.4 is 10.2 Å². The number of nitrogens with two attached hydrogens (primary N) is 1. The maximum Gasteiger partial charge on any atom is 0.204 e. The SMILES string of the molecule is Cc1c(C)c(O[SiH3])c(C(c2ccccc2)(C(C)C)C(CN)C(C)C)c(C)c1CO. The van der Waals surface area contributed by atoms with Gasteiger partial charge in [-0.3, -0.25) is 0 Å². The summed E-state index contributed by atoms with van der Waals surface area (Å²) < 4.78 is 6.21. The Kier molecular flexibility index (Phi) is 7.72. The van der Waals surface area contributed by atoms with E-state index in [1.54, 1.807) is 0 Å². The van der Waals surface area contributed by atoms with E-state index in [4.69, 9.17) is 10.2 Å². The zero-order valence-electron chi connectivity index (χ0n) is 19.5. The molecule has 0 amide bonds. The Morgan fingerprint density at radius 3 is 2.00 bits per heavy atom. The molecule has 2 aromatic carbocycles. The van der Waals surface area contributed by atoms with Crippen LogP contribution in [-0.2, 0) is 12.0 Å². The average Bonchev–Trinajstić information content (AvgIpc) is 2.69. The van der Waals surface area contributed by atoms with Crippen LogP contribution in [0.25, 0.3) is 0 Å². The molecule has 0 heterocycles. The first-order chi connectivity index (χ1) is 13.7. The molecule has 0 aliphatic rings. The van der Waals surface area contributed by atoms with E-state index in [0.717, 1.165) is 28.0 Å². The summed E-state index contributed by atoms with van der Waals surface area (Å²) in [5, 5.41) is 10.2. The van der Waals surface area contributed by atoms with Gasteiger partial charge in [0.2, 0.25) is 10.5 Å². The van der Waals surface area contributed by atoms with Crippen LogP contribution in [0.4, 0.5) is 0 Å². The summed E-state index contributed by atoms with van der Waals surface area (Å²) in [5.74, 6) is 1.90. The summed E-state index contributed by atoms with van der Waals surface area (Å²) in [6.07, 6.45) is 0. The minimum Gasteiger partial charge on any atom is -0.553 e. The maximum absolute atomic E-state index is 10.2. The van der Waals surface area contributed by atoms with Gasteiger partial charge in [0.1, 0.15) is 5.75 Å². The Balaban J connectivity index is 3.14. The van der Waals surface area contributed by atoms with Gasteiger partial charge < -0.3 is 15.3 Å². The third-order valence-corrected chi connectivity index (χ3v) is 7.40. The molecule has 4 heteroatoms. The maximum atomic E-state index is 10.2. The Morgan fingerprint density at radius 1 is 1.00 bits per heavy atom. The fourth-order valence-corrected chi connectivity index (χ4v) is 5.98. The molecule has 0 spiro atoms. The lowest BCUT2D eigenvalue weighted by atomic mass is 9.55. The summed E-state index contributed by atoms with van der Waals surface area (Å²) in [5.41, 5.74) is 13.1. The molecule has 3 nitrogen and oxygen atoms in total. The van der Waals surface area contributed by atoms with E-state index in [1.807, 2.05) is 0 Å². The highest BCUT2D eigenvalue weighted by Gasteiger charge is 2.48. The van der Waals surface area contributed by atoms with Crippen LogP contribution in [0.2, 0.25) is 0 Å². The molecule has 0 radical (unpaired) electrons. The number of hydrogen-bond acceptors (Lipinski definition) is 3. The van der Waals surface area contributed by atoms with Gasteiger partial charge in [-0.15, -0.1) is 0 Å².